The highest BCUT2D eigenvalue weighted by molar-refractivity contribution is 7.09. The predicted octanol–water partition coefficient (Wildman–Crippen LogP) is 2.73. The summed E-state index contributed by atoms with van der Waals surface area (Å²) < 4.78 is 1.92. The minimum absolute atomic E-state index is 0.130. The third kappa shape index (κ3) is 4.68. The summed E-state index contributed by atoms with van der Waals surface area (Å²) in [5.74, 6) is 0.130. The van der Waals surface area contributed by atoms with Gasteiger partial charge in [-0.2, -0.15) is 5.10 Å². The number of likely N-dealkylation sites (tertiary alicyclic amines) is 1. The number of thiophene rings is 1. The Morgan fingerprint density at radius 3 is 3.04 bits per heavy atom. The molecule has 130 valence electrons. The second-order valence-electron chi connectivity index (χ2n) is 6.62. The highest BCUT2D eigenvalue weighted by atomic mass is 32.1. The fraction of sp³-hybridized carbons (Fsp3) is 0.556. The van der Waals surface area contributed by atoms with Crippen LogP contribution in [0.25, 0.3) is 0 Å². The van der Waals surface area contributed by atoms with Crippen molar-refractivity contribution >= 4 is 17.2 Å². The average molecular weight is 347 g/mol. The highest BCUT2D eigenvalue weighted by Gasteiger charge is 2.21. The van der Waals surface area contributed by atoms with Gasteiger partial charge in [0, 0.05) is 42.7 Å². The summed E-state index contributed by atoms with van der Waals surface area (Å²) in [6, 6.07) is 6.59. The molecule has 2 aromatic heterocycles. The standard InChI is InChI=1S/C18H26N4OS/c1-14-11-15(2)22(20-14)9-7-18(23)19-16-5-3-8-21(12-16)13-17-6-4-10-24-17/h4,6,10-11,16H,3,5,7-9,12-13H2,1-2H3,(H,19,23)/t16-/m0/s1. The van der Waals surface area contributed by atoms with Crippen LogP contribution in [-0.2, 0) is 17.9 Å². The van der Waals surface area contributed by atoms with Crippen LogP contribution in [0.4, 0.5) is 0 Å². The Bertz CT molecular complexity index is 665. The van der Waals surface area contributed by atoms with Crippen molar-refractivity contribution in [3.05, 3.63) is 39.8 Å². The van der Waals surface area contributed by atoms with Crippen molar-refractivity contribution in [2.75, 3.05) is 13.1 Å². The minimum atomic E-state index is 0.130. The second kappa shape index (κ2) is 7.94. The van der Waals surface area contributed by atoms with E-state index in [4.69, 9.17) is 0 Å². The van der Waals surface area contributed by atoms with Crippen LogP contribution >= 0.6 is 11.3 Å². The summed E-state index contributed by atoms with van der Waals surface area (Å²) >= 11 is 1.80. The van der Waals surface area contributed by atoms with E-state index in [1.165, 1.54) is 4.88 Å². The van der Waals surface area contributed by atoms with E-state index < -0.39 is 0 Å². The second-order valence-corrected chi connectivity index (χ2v) is 7.65. The van der Waals surface area contributed by atoms with Crippen molar-refractivity contribution in [1.29, 1.82) is 0 Å². The lowest BCUT2D eigenvalue weighted by atomic mass is 10.1. The van der Waals surface area contributed by atoms with E-state index >= 15 is 0 Å². The van der Waals surface area contributed by atoms with Gasteiger partial charge in [-0.05, 0) is 50.7 Å². The molecule has 2 aromatic rings. The number of nitrogens with one attached hydrogen (secondary N) is 1. The normalized spacial score (nSPS) is 18.7. The van der Waals surface area contributed by atoms with E-state index in [0.29, 0.717) is 13.0 Å². The monoisotopic (exact) mass is 346 g/mol. The first-order valence-corrected chi connectivity index (χ1v) is 9.53. The Labute approximate surface area is 147 Å². The van der Waals surface area contributed by atoms with Gasteiger partial charge in [0.15, 0.2) is 0 Å². The van der Waals surface area contributed by atoms with Gasteiger partial charge in [0.05, 0.1) is 5.69 Å². The Hall–Kier alpha value is -1.66. The number of amides is 1. The summed E-state index contributed by atoms with van der Waals surface area (Å²) in [4.78, 5) is 16.1. The molecule has 0 unspecified atom stereocenters. The summed E-state index contributed by atoms with van der Waals surface area (Å²) in [5.41, 5.74) is 2.12. The number of hydrogen-bond donors (Lipinski definition) is 1. The Morgan fingerprint density at radius 2 is 2.33 bits per heavy atom. The van der Waals surface area contributed by atoms with Gasteiger partial charge in [-0.25, -0.2) is 0 Å². The Morgan fingerprint density at radius 1 is 1.46 bits per heavy atom. The van der Waals surface area contributed by atoms with Crippen molar-refractivity contribution in [2.45, 2.75) is 52.2 Å². The maximum atomic E-state index is 12.3. The molecule has 0 aliphatic carbocycles. The van der Waals surface area contributed by atoms with E-state index in [-0.39, 0.29) is 11.9 Å². The zero-order chi connectivity index (χ0) is 16.9. The zero-order valence-corrected chi connectivity index (χ0v) is 15.3. The highest BCUT2D eigenvalue weighted by Crippen LogP contribution is 2.17. The molecule has 1 N–H and O–H groups in total. The van der Waals surface area contributed by atoms with Crippen molar-refractivity contribution in [1.82, 2.24) is 20.0 Å². The Balaban J connectivity index is 1.44. The molecule has 0 spiro atoms. The molecule has 1 aliphatic rings. The Kier molecular flexibility index (Phi) is 5.68. The molecule has 24 heavy (non-hydrogen) atoms. The van der Waals surface area contributed by atoms with Crippen LogP contribution < -0.4 is 5.32 Å². The maximum absolute atomic E-state index is 12.3. The van der Waals surface area contributed by atoms with Gasteiger partial charge in [-0.15, -0.1) is 11.3 Å². The molecule has 1 saturated heterocycles. The number of aryl methyl sites for hydroxylation is 3. The quantitative estimate of drug-likeness (QED) is 0.875. The van der Waals surface area contributed by atoms with Gasteiger partial charge < -0.3 is 5.32 Å². The zero-order valence-electron chi connectivity index (χ0n) is 14.5. The molecular weight excluding hydrogens is 320 g/mol. The van der Waals surface area contributed by atoms with Gasteiger partial charge in [0.25, 0.3) is 0 Å². The molecule has 0 bridgehead atoms. The van der Waals surface area contributed by atoms with Gasteiger partial charge in [-0.3, -0.25) is 14.4 Å². The first-order chi connectivity index (χ1) is 11.6. The fourth-order valence-corrected chi connectivity index (χ4v) is 4.09. The topological polar surface area (TPSA) is 50.2 Å². The third-order valence-electron chi connectivity index (χ3n) is 4.48. The smallest absolute Gasteiger partial charge is 0.222 e. The molecule has 0 radical (unpaired) electrons. The van der Waals surface area contributed by atoms with Gasteiger partial charge >= 0.3 is 0 Å². The number of carbonyl (C=O) groups is 1. The van der Waals surface area contributed by atoms with Crippen LogP contribution in [0.2, 0.25) is 0 Å². The van der Waals surface area contributed by atoms with Crippen molar-refractivity contribution in [3.8, 4) is 0 Å². The van der Waals surface area contributed by atoms with Crippen LogP contribution in [0.3, 0.4) is 0 Å². The van der Waals surface area contributed by atoms with Crippen LogP contribution in [0.15, 0.2) is 23.6 Å². The summed E-state index contributed by atoms with van der Waals surface area (Å²) in [6.45, 7) is 7.72. The number of hydrogen-bond acceptors (Lipinski definition) is 4. The van der Waals surface area contributed by atoms with Crippen molar-refractivity contribution < 1.29 is 4.79 Å². The van der Waals surface area contributed by atoms with Crippen LogP contribution in [0.1, 0.15) is 35.5 Å². The van der Waals surface area contributed by atoms with Gasteiger partial charge in [0.2, 0.25) is 5.91 Å². The van der Waals surface area contributed by atoms with E-state index in [9.17, 15) is 4.79 Å². The van der Waals surface area contributed by atoms with Crippen molar-refractivity contribution in [2.24, 2.45) is 0 Å². The van der Waals surface area contributed by atoms with E-state index in [2.05, 4.69) is 32.8 Å². The molecule has 5 nitrogen and oxygen atoms in total. The lowest BCUT2D eigenvalue weighted by molar-refractivity contribution is -0.122. The molecule has 3 heterocycles. The number of carbonyl (C=O) groups excluding carboxylic acids is 1. The molecule has 0 saturated carbocycles. The molecule has 3 rings (SSSR count). The van der Waals surface area contributed by atoms with Gasteiger partial charge in [-0.1, -0.05) is 6.07 Å². The number of rotatable bonds is 6. The lowest BCUT2D eigenvalue weighted by Crippen LogP contribution is -2.47. The summed E-state index contributed by atoms with van der Waals surface area (Å²) in [7, 11) is 0. The lowest BCUT2D eigenvalue weighted by Gasteiger charge is -2.32. The number of piperidine rings is 1. The van der Waals surface area contributed by atoms with Crippen molar-refractivity contribution in [3.63, 3.8) is 0 Å². The molecule has 1 atom stereocenters. The van der Waals surface area contributed by atoms with E-state index in [0.717, 1.165) is 43.9 Å². The molecule has 1 amide bonds. The van der Waals surface area contributed by atoms with E-state index in [1.54, 1.807) is 11.3 Å². The fourth-order valence-electron chi connectivity index (χ4n) is 3.35. The molecule has 1 fully saturated rings. The molecule has 6 heteroatoms. The first-order valence-electron chi connectivity index (χ1n) is 8.65. The molecule has 0 aromatic carbocycles. The number of nitrogens with zero attached hydrogens (tertiary/aromatic N) is 3. The summed E-state index contributed by atoms with van der Waals surface area (Å²) in [5, 5.41) is 9.74. The molecule has 1 aliphatic heterocycles. The summed E-state index contributed by atoms with van der Waals surface area (Å²) in [6.07, 6.45) is 2.71. The van der Waals surface area contributed by atoms with Crippen LogP contribution in [0, 0.1) is 13.8 Å². The maximum Gasteiger partial charge on any atom is 0.222 e. The first kappa shape index (κ1) is 17.2. The minimum Gasteiger partial charge on any atom is -0.352 e. The predicted molar refractivity (Wildman–Crippen MR) is 97.1 cm³/mol. The molecular formula is C18H26N4OS. The average Bonchev–Trinajstić information content (AvgIpc) is 3.15. The SMILES string of the molecule is Cc1cc(C)n(CCC(=O)N[C@H]2CCCN(Cc3cccs3)C2)n1. The van der Waals surface area contributed by atoms with E-state index in [1.807, 2.05) is 24.6 Å². The van der Waals surface area contributed by atoms with Crippen LogP contribution in [0.5, 0.6) is 0 Å². The third-order valence-corrected chi connectivity index (χ3v) is 5.35. The van der Waals surface area contributed by atoms with Gasteiger partial charge in [0.1, 0.15) is 0 Å². The van der Waals surface area contributed by atoms with Crippen LogP contribution in [-0.4, -0.2) is 39.7 Å². The number of aromatic nitrogens is 2. The largest absolute Gasteiger partial charge is 0.352 e.